The van der Waals surface area contributed by atoms with Gasteiger partial charge >= 0.3 is 0 Å². The van der Waals surface area contributed by atoms with Crippen molar-refractivity contribution in [2.75, 3.05) is 19.6 Å². The second-order valence-corrected chi connectivity index (χ2v) is 5.57. The maximum absolute atomic E-state index is 10.8. The maximum atomic E-state index is 10.8. The second-order valence-electron chi connectivity index (χ2n) is 5.16. The molecule has 0 aromatic heterocycles. The molecule has 118 valence electrons. The molecule has 1 N–H and O–H groups in total. The summed E-state index contributed by atoms with van der Waals surface area (Å²) in [4.78, 5) is 12.7. The van der Waals surface area contributed by atoms with E-state index < -0.39 is 4.92 Å². The zero-order chi connectivity index (χ0) is 14.5. The molecule has 1 aliphatic rings. The smallest absolute Gasteiger partial charge is 0.287 e. The SMILES string of the molecule is CCCC1CNCCN1Cc1ccc([N+](=O)[O-])c(Cl)c1.Cl. The molecule has 0 aliphatic carbocycles. The lowest BCUT2D eigenvalue weighted by molar-refractivity contribution is -0.384. The minimum atomic E-state index is -0.448. The third kappa shape index (κ3) is 4.81. The summed E-state index contributed by atoms with van der Waals surface area (Å²) >= 11 is 5.97. The first-order valence-electron chi connectivity index (χ1n) is 6.99. The number of halogens is 2. The van der Waals surface area contributed by atoms with Crippen LogP contribution in [0.3, 0.4) is 0 Å². The lowest BCUT2D eigenvalue weighted by Gasteiger charge is -2.36. The van der Waals surface area contributed by atoms with Crippen LogP contribution in [0.2, 0.25) is 5.02 Å². The van der Waals surface area contributed by atoms with Crippen LogP contribution in [0, 0.1) is 10.1 Å². The van der Waals surface area contributed by atoms with Crippen molar-refractivity contribution in [2.45, 2.75) is 32.4 Å². The van der Waals surface area contributed by atoms with E-state index in [4.69, 9.17) is 11.6 Å². The highest BCUT2D eigenvalue weighted by molar-refractivity contribution is 6.32. The topological polar surface area (TPSA) is 58.4 Å². The van der Waals surface area contributed by atoms with Gasteiger partial charge in [0.05, 0.1) is 4.92 Å². The molecule has 1 aromatic rings. The number of nitro groups is 1. The molecule has 1 fully saturated rings. The quantitative estimate of drug-likeness (QED) is 0.663. The standard InChI is InChI=1S/C14H20ClN3O2.ClH/c1-2-3-12-9-16-6-7-17(12)10-11-4-5-14(18(19)20)13(15)8-11;/h4-5,8,12,16H,2-3,6-7,9-10H2,1H3;1H. The predicted molar refractivity (Wildman–Crippen MR) is 87.3 cm³/mol. The van der Waals surface area contributed by atoms with Crippen LogP contribution in [-0.4, -0.2) is 35.5 Å². The third-order valence-corrected chi connectivity index (χ3v) is 3.99. The number of nitrogens with one attached hydrogen (secondary N) is 1. The highest BCUT2D eigenvalue weighted by atomic mass is 35.5. The molecule has 1 unspecified atom stereocenters. The van der Waals surface area contributed by atoms with Crippen LogP contribution in [0.15, 0.2) is 18.2 Å². The summed E-state index contributed by atoms with van der Waals surface area (Å²) in [6.07, 6.45) is 2.32. The van der Waals surface area contributed by atoms with Gasteiger partial charge in [0.25, 0.3) is 5.69 Å². The van der Waals surface area contributed by atoms with Crippen LogP contribution < -0.4 is 5.32 Å². The van der Waals surface area contributed by atoms with Gasteiger partial charge < -0.3 is 5.32 Å². The largest absolute Gasteiger partial charge is 0.314 e. The van der Waals surface area contributed by atoms with Crippen molar-refractivity contribution in [1.29, 1.82) is 0 Å². The summed E-state index contributed by atoms with van der Waals surface area (Å²) in [7, 11) is 0. The zero-order valence-corrected chi connectivity index (χ0v) is 13.6. The fourth-order valence-corrected chi connectivity index (χ4v) is 2.93. The number of benzene rings is 1. The summed E-state index contributed by atoms with van der Waals surface area (Å²) in [5, 5.41) is 14.4. The number of nitro benzene ring substituents is 1. The van der Waals surface area contributed by atoms with Gasteiger partial charge in [0, 0.05) is 38.3 Å². The van der Waals surface area contributed by atoms with Crippen molar-refractivity contribution in [3.8, 4) is 0 Å². The molecule has 0 amide bonds. The van der Waals surface area contributed by atoms with Crippen molar-refractivity contribution >= 4 is 29.7 Å². The van der Waals surface area contributed by atoms with Crippen molar-refractivity contribution < 1.29 is 4.92 Å². The molecule has 1 aliphatic heterocycles. The Kier molecular flexibility index (Phi) is 7.39. The van der Waals surface area contributed by atoms with E-state index in [1.807, 2.05) is 0 Å². The molecule has 5 nitrogen and oxygen atoms in total. The first-order chi connectivity index (χ1) is 9.61. The fourth-order valence-electron chi connectivity index (χ4n) is 2.66. The number of hydrogen-bond acceptors (Lipinski definition) is 4. The molecule has 1 aromatic carbocycles. The Morgan fingerprint density at radius 2 is 2.29 bits per heavy atom. The Morgan fingerprint density at radius 1 is 1.52 bits per heavy atom. The van der Waals surface area contributed by atoms with E-state index >= 15 is 0 Å². The summed E-state index contributed by atoms with van der Waals surface area (Å²) in [6.45, 7) is 5.98. The second kappa shape index (κ2) is 8.54. The molecular formula is C14H21Cl2N3O2. The lowest BCUT2D eigenvalue weighted by atomic mass is 10.1. The Labute approximate surface area is 136 Å². The average Bonchev–Trinajstić information content (AvgIpc) is 2.41. The van der Waals surface area contributed by atoms with Crippen LogP contribution in [0.5, 0.6) is 0 Å². The number of rotatable bonds is 5. The normalized spacial score (nSPS) is 19.0. The van der Waals surface area contributed by atoms with Crippen molar-refractivity contribution in [2.24, 2.45) is 0 Å². The molecule has 1 atom stereocenters. The van der Waals surface area contributed by atoms with Gasteiger partial charge in [0.1, 0.15) is 5.02 Å². The Bertz CT molecular complexity index is 483. The minimum absolute atomic E-state index is 0. The third-order valence-electron chi connectivity index (χ3n) is 3.69. The van der Waals surface area contributed by atoms with Gasteiger partial charge in [-0.25, -0.2) is 0 Å². The van der Waals surface area contributed by atoms with Gasteiger partial charge in [0.15, 0.2) is 0 Å². The first kappa shape index (κ1) is 18.2. The Hall–Kier alpha value is -0.880. The van der Waals surface area contributed by atoms with Crippen LogP contribution in [0.4, 0.5) is 5.69 Å². The Morgan fingerprint density at radius 3 is 2.90 bits per heavy atom. The number of nitrogens with zero attached hydrogens (tertiary/aromatic N) is 2. The summed E-state index contributed by atoms with van der Waals surface area (Å²) < 4.78 is 0. The van der Waals surface area contributed by atoms with Crippen LogP contribution in [-0.2, 0) is 6.54 Å². The fraction of sp³-hybridized carbons (Fsp3) is 0.571. The van der Waals surface area contributed by atoms with Gasteiger partial charge in [-0.3, -0.25) is 15.0 Å². The van der Waals surface area contributed by atoms with Crippen molar-refractivity contribution in [1.82, 2.24) is 10.2 Å². The average molecular weight is 334 g/mol. The number of hydrogen-bond donors (Lipinski definition) is 1. The van der Waals surface area contributed by atoms with Gasteiger partial charge in [0.2, 0.25) is 0 Å². The van der Waals surface area contributed by atoms with Crippen LogP contribution >= 0.6 is 24.0 Å². The highest BCUT2D eigenvalue weighted by Crippen LogP contribution is 2.26. The van der Waals surface area contributed by atoms with E-state index in [9.17, 15) is 10.1 Å². The van der Waals surface area contributed by atoms with Crippen molar-refractivity contribution in [3.63, 3.8) is 0 Å². The monoisotopic (exact) mass is 333 g/mol. The van der Waals surface area contributed by atoms with Gasteiger partial charge in [-0.15, -0.1) is 12.4 Å². The van der Waals surface area contributed by atoms with E-state index in [2.05, 4.69) is 17.1 Å². The van der Waals surface area contributed by atoms with Gasteiger partial charge in [-0.2, -0.15) is 0 Å². The minimum Gasteiger partial charge on any atom is -0.314 e. The molecule has 2 rings (SSSR count). The molecule has 0 radical (unpaired) electrons. The molecule has 0 saturated carbocycles. The van der Waals surface area contributed by atoms with E-state index in [-0.39, 0.29) is 23.1 Å². The van der Waals surface area contributed by atoms with Gasteiger partial charge in [-0.1, -0.05) is 31.0 Å². The van der Waals surface area contributed by atoms with Gasteiger partial charge in [-0.05, 0) is 18.1 Å². The molecule has 21 heavy (non-hydrogen) atoms. The van der Waals surface area contributed by atoms with Crippen LogP contribution in [0.1, 0.15) is 25.3 Å². The molecule has 0 bridgehead atoms. The first-order valence-corrected chi connectivity index (χ1v) is 7.37. The molecule has 1 saturated heterocycles. The van der Waals surface area contributed by atoms with Crippen LogP contribution in [0.25, 0.3) is 0 Å². The summed E-state index contributed by atoms with van der Waals surface area (Å²) in [5.41, 5.74) is 1.00. The summed E-state index contributed by atoms with van der Waals surface area (Å²) in [5.74, 6) is 0. The highest BCUT2D eigenvalue weighted by Gasteiger charge is 2.22. The molecule has 7 heteroatoms. The predicted octanol–water partition coefficient (Wildman–Crippen LogP) is 3.24. The maximum Gasteiger partial charge on any atom is 0.287 e. The van der Waals surface area contributed by atoms with E-state index in [1.165, 1.54) is 6.07 Å². The zero-order valence-electron chi connectivity index (χ0n) is 12.0. The lowest BCUT2D eigenvalue weighted by Crippen LogP contribution is -2.50. The summed E-state index contributed by atoms with van der Waals surface area (Å²) in [6, 6.07) is 5.54. The molecular weight excluding hydrogens is 313 g/mol. The van der Waals surface area contributed by atoms with E-state index in [1.54, 1.807) is 12.1 Å². The molecule has 1 heterocycles. The van der Waals surface area contributed by atoms with E-state index in [0.717, 1.165) is 44.6 Å². The molecule has 0 spiro atoms. The van der Waals surface area contributed by atoms with E-state index in [0.29, 0.717) is 6.04 Å². The van der Waals surface area contributed by atoms with Crippen molar-refractivity contribution in [3.05, 3.63) is 38.9 Å². The Balaban J connectivity index is 0.00000220. The number of piperazine rings is 1.